The highest BCUT2D eigenvalue weighted by Crippen LogP contribution is 2.37. The van der Waals surface area contributed by atoms with Crippen LogP contribution in [0.2, 0.25) is 0 Å². The van der Waals surface area contributed by atoms with Crippen LogP contribution >= 0.6 is 0 Å². The zero-order chi connectivity index (χ0) is 28.6. The first-order valence-corrected chi connectivity index (χ1v) is 14.7. The molecule has 2 N–H and O–H groups in total. The number of aliphatic hydroxyl groups is 1. The number of hydrogen-bond donors (Lipinski definition) is 2. The number of nitrogens with one attached hydrogen (secondary N) is 1. The van der Waals surface area contributed by atoms with Crippen molar-refractivity contribution in [1.29, 1.82) is 0 Å². The number of sulfonamides is 1. The quantitative estimate of drug-likeness (QED) is 0.548. The minimum Gasteiger partial charge on any atom is -0.390 e. The van der Waals surface area contributed by atoms with Gasteiger partial charge in [-0.2, -0.15) is 17.9 Å². The Morgan fingerprint density at radius 3 is 2.28 bits per heavy atom. The van der Waals surface area contributed by atoms with Crippen molar-refractivity contribution in [1.82, 2.24) is 19.6 Å². The molecule has 2 fully saturated rings. The number of amides is 1. The van der Waals surface area contributed by atoms with Crippen LogP contribution in [0.3, 0.4) is 0 Å². The molecule has 0 spiro atoms. The van der Waals surface area contributed by atoms with Gasteiger partial charge in [0.15, 0.2) is 5.82 Å². The van der Waals surface area contributed by atoms with Crippen molar-refractivity contribution in [3.63, 3.8) is 0 Å². The first-order chi connectivity index (χ1) is 18.1. The molecule has 4 rings (SSSR count). The van der Waals surface area contributed by atoms with Gasteiger partial charge in [-0.05, 0) is 50.3 Å². The number of halogens is 3. The van der Waals surface area contributed by atoms with E-state index in [9.17, 15) is 31.5 Å². The second-order valence-electron chi connectivity index (χ2n) is 10.8. The molecule has 0 atom stereocenters. The highest BCUT2D eigenvalue weighted by Gasteiger charge is 2.34. The third-order valence-electron chi connectivity index (χ3n) is 7.36. The van der Waals surface area contributed by atoms with Gasteiger partial charge in [0.25, 0.3) is 0 Å². The van der Waals surface area contributed by atoms with Crippen LogP contribution in [0.25, 0.3) is 0 Å². The molecular weight excluding hydrogens is 537 g/mol. The molecule has 0 bridgehead atoms. The molecule has 2 aliphatic heterocycles. The number of rotatable bonds is 6. The first kappa shape index (κ1) is 29.2. The Kier molecular flexibility index (Phi) is 8.20. The van der Waals surface area contributed by atoms with Crippen LogP contribution in [0.1, 0.15) is 37.8 Å². The number of nitrogens with zero attached hydrogens (tertiary/aromatic N) is 5. The van der Waals surface area contributed by atoms with E-state index in [0.29, 0.717) is 64.3 Å². The molecule has 14 heteroatoms. The van der Waals surface area contributed by atoms with E-state index in [1.165, 1.54) is 24.4 Å². The maximum Gasteiger partial charge on any atom is 0.416 e. The molecule has 2 saturated heterocycles. The second-order valence-corrected chi connectivity index (χ2v) is 12.6. The minimum atomic E-state index is -4.45. The Balaban J connectivity index is 1.42. The van der Waals surface area contributed by atoms with E-state index < -0.39 is 27.4 Å². The summed E-state index contributed by atoms with van der Waals surface area (Å²) in [5, 5.41) is 14.3. The number of benzene rings is 1. The summed E-state index contributed by atoms with van der Waals surface area (Å²) in [6.45, 7) is 6.91. The lowest BCUT2D eigenvalue weighted by atomic mass is 9.83. The fourth-order valence-corrected chi connectivity index (χ4v) is 5.64. The van der Waals surface area contributed by atoms with Crippen LogP contribution < -0.4 is 9.62 Å². The molecule has 3 heterocycles. The van der Waals surface area contributed by atoms with Gasteiger partial charge in [0.05, 0.1) is 17.4 Å². The summed E-state index contributed by atoms with van der Waals surface area (Å²) in [7, 11) is -3.52. The summed E-state index contributed by atoms with van der Waals surface area (Å²) in [5.74, 6) is 0.132. The van der Waals surface area contributed by atoms with Gasteiger partial charge in [-0.25, -0.2) is 13.2 Å². The molecule has 1 aromatic heterocycles. The van der Waals surface area contributed by atoms with E-state index in [1.807, 2.05) is 4.90 Å². The summed E-state index contributed by atoms with van der Waals surface area (Å²) < 4.78 is 66.7. The summed E-state index contributed by atoms with van der Waals surface area (Å²) >= 11 is 0. The molecule has 0 radical (unpaired) electrons. The van der Waals surface area contributed by atoms with Crippen molar-refractivity contribution >= 4 is 27.6 Å². The number of anilines is 2. The Labute approximate surface area is 226 Å². The SMILES string of the molecule is CC(C)(O)C1CCN(c2cc(C(F)(F)F)ccc2CN2CCN(C(=O)n3ccc(NS(C)(=O)=O)n3)CC2)CC1. The molecule has 2 aromatic rings. The van der Waals surface area contributed by atoms with E-state index in [1.54, 1.807) is 18.7 Å². The standard InChI is InChI=1S/C25H35F3N6O4S/c1-24(2,36)19-6-9-32(10-7-19)21-16-20(25(26,27)28)5-4-18(21)17-31-12-14-33(15-13-31)23(35)34-11-8-22(29-34)30-39(3,37)38/h4-5,8,11,16,19,36H,6-7,9-10,12-15,17H2,1-3H3,(H,29,30). The molecular formula is C25H35F3N6O4S. The Bertz CT molecular complexity index is 1280. The Morgan fingerprint density at radius 1 is 1.08 bits per heavy atom. The van der Waals surface area contributed by atoms with Gasteiger partial charge >= 0.3 is 12.2 Å². The monoisotopic (exact) mass is 572 g/mol. The van der Waals surface area contributed by atoms with Crippen molar-refractivity contribution in [3.8, 4) is 0 Å². The zero-order valence-corrected chi connectivity index (χ0v) is 23.1. The van der Waals surface area contributed by atoms with Gasteiger partial charge in [0.1, 0.15) is 0 Å². The van der Waals surface area contributed by atoms with Crippen LogP contribution in [0.5, 0.6) is 0 Å². The molecule has 10 nitrogen and oxygen atoms in total. The summed E-state index contributed by atoms with van der Waals surface area (Å²) in [6, 6.07) is 4.88. The average Bonchev–Trinajstić information content (AvgIpc) is 3.30. The van der Waals surface area contributed by atoms with Crippen LogP contribution in [-0.4, -0.2) is 90.3 Å². The molecule has 0 saturated carbocycles. The van der Waals surface area contributed by atoms with Crippen molar-refractivity contribution in [3.05, 3.63) is 41.6 Å². The van der Waals surface area contributed by atoms with Gasteiger partial charge in [-0.15, -0.1) is 5.10 Å². The lowest BCUT2D eigenvalue weighted by molar-refractivity contribution is -0.137. The predicted octanol–water partition coefficient (Wildman–Crippen LogP) is 3.05. The summed E-state index contributed by atoms with van der Waals surface area (Å²) in [6.07, 6.45) is -0.692. The maximum atomic E-state index is 13.5. The molecule has 1 amide bonds. The van der Waals surface area contributed by atoms with Crippen LogP contribution in [0, 0.1) is 5.92 Å². The zero-order valence-electron chi connectivity index (χ0n) is 22.3. The molecule has 39 heavy (non-hydrogen) atoms. The number of carbonyl (C=O) groups excluding carboxylic acids is 1. The number of aromatic nitrogens is 2. The van der Waals surface area contributed by atoms with Crippen molar-refractivity contribution < 1.29 is 31.5 Å². The van der Waals surface area contributed by atoms with Gasteiger partial charge < -0.3 is 14.9 Å². The average molecular weight is 573 g/mol. The third-order valence-corrected chi connectivity index (χ3v) is 7.94. The van der Waals surface area contributed by atoms with E-state index in [0.717, 1.165) is 22.6 Å². The Hall–Kier alpha value is -2.84. The predicted molar refractivity (Wildman–Crippen MR) is 141 cm³/mol. The largest absolute Gasteiger partial charge is 0.416 e. The van der Waals surface area contributed by atoms with E-state index in [-0.39, 0.29) is 17.8 Å². The van der Waals surface area contributed by atoms with Crippen molar-refractivity contribution in [2.24, 2.45) is 5.92 Å². The molecule has 0 aliphatic carbocycles. The Morgan fingerprint density at radius 2 is 1.72 bits per heavy atom. The number of piperidine rings is 1. The smallest absolute Gasteiger partial charge is 0.390 e. The lowest BCUT2D eigenvalue weighted by Gasteiger charge is -2.40. The fraction of sp³-hybridized carbons (Fsp3) is 0.600. The lowest BCUT2D eigenvalue weighted by Crippen LogP contribution is -2.49. The van der Waals surface area contributed by atoms with Crippen LogP contribution in [0.15, 0.2) is 30.5 Å². The molecule has 2 aliphatic rings. The molecule has 0 unspecified atom stereocenters. The number of piperazine rings is 1. The highest BCUT2D eigenvalue weighted by atomic mass is 32.2. The number of alkyl halides is 3. The van der Waals surface area contributed by atoms with Crippen LogP contribution in [0.4, 0.5) is 29.5 Å². The third kappa shape index (κ3) is 7.42. The second kappa shape index (κ2) is 11.0. The van der Waals surface area contributed by atoms with E-state index in [4.69, 9.17) is 0 Å². The summed E-state index contributed by atoms with van der Waals surface area (Å²) in [4.78, 5) is 18.5. The maximum absolute atomic E-state index is 13.5. The van der Waals surface area contributed by atoms with Gasteiger partial charge in [-0.3, -0.25) is 9.62 Å². The normalized spacial score (nSPS) is 18.4. The topological polar surface area (TPSA) is 111 Å². The number of hydrogen-bond acceptors (Lipinski definition) is 7. The van der Waals surface area contributed by atoms with Crippen molar-refractivity contribution in [2.75, 3.05) is 55.1 Å². The number of carbonyl (C=O) groups is 1. The molecule has 216 valence electrons. The van der Waals surface area contributed by atoms with Gasteiger partial charge in [0, 0.05) is 63.8 Å². The molecule has 1 aromatic carbocycles. The van der Waals surface area contributed by atoms with Gasteiger partial charge in [-0.1, -0.05) is 6.07 Å². The minimum absolute atomic E-state index is 0.0471. The first-order valence-electron chi connectivity index (χ1n) is 12.8. The highest BCUT2D eigenvalue weighted by molar-refractivity contribution is 7.92. The summed E-state index contributed by atoms with van der Waals surface area (Å²) in [5.41, 5.74) is -0.180. The van der Waals surface area contributed by atoms with E-state index >= 15 is 0 Å². The van der Waals surface area contributed by atoms with Crippen LogP contribution in [-0.2, 0) is 22.7 Å². The fourth-order valence-electron chi connectivity index (χ4n) is 5.15. The van der Waals surface area contributed by atoms with Crippen molar-refractivity contribution in [2.45, 2.75) is 45.0 Å². The van der Waals surface area contributed by atoms with E-state index in [2.05, 4.69) is 14.7 Å². The van der Waals surface area contributed by atoms with Gasteiger partial charge in [0.2, 0.25) is 10.0 Å².